The Morgan fingerprint density at radius 1 is 1.31 bits per heavy atom. The second-order valence-corrected chi connectivity index (χ2v) is 2.94. The highest BCUT2D eigenvalue weighted by atomic mass is 16.6. The van der Waals surface area contributed by atoms with Crippen LogP contribution in [-0.4, -0.2) is 20.3 Å². The summed E-state index contributed by atoms with van der Waals surface area (Å²) < 4.78 is 0. The summed E-state index contributed by atoms with van der Waals surface area (Å²) >= 11 is 0. The van der Waals surface area contributed by atoms with Crippen molar-refractivity contribution >= 4 is 5.69 Å². The van der Waals surface area contributed by atoms with Crippen molar-refractivity contribution in [2.75, 3.05) is 0 Å². The average Bonchev–Trinajstić information content (AvgIpc) is 2.77. The number of nitrogens with one attached hydrogen (secondary N) is 1. The molecular weight excluding hydrogens is 210 g/mol. The third-order valence-electron chi connectivity index (χ3n) is 2.01. The van der Waals surface area contributed by atoms with Crippen LogP contribution in [0.25, 0.3) is 11.3 Å². The van der Waals surface area contributed by atoms with Crippen LogP contribution in [0.3, 0.4) is 0 Å². The van der Waals surface area contributed by atoms with Crippen LogP contribution in [0.5, 0.6) is 0 Å². The summed E-state index contributed by atoms with van der Waals surface area (Å²) in [6, 6.07) is 7.63. The first kappa shape index (κ1) is 9.79. The number of nitro benzene ring substituents is 1. The van der Waals surface area contributed by atoms with E-state index < -0.39 is 4.92 Å². The zero-order valence-electron chi connectivity index (χ0n) is 7.91. The van der Waals surface area contributed by atoms with Gasteiger partial charge in [0.25, 0.3) is 5.69 Å². The largest absolute Gasteiger partial charge is 0.269 e. The summed E-state index contributed by atoms with van der Waals surface area (Å²) in [4.78, 5) is 9.95. The van der Waals surface area contributed by atoms with Gasteiger partial charge in [-0.25, -0.2) is 0 Å². The molecule has 0 saturated carbocycles. The lowest BCUT2D eigenvalue weighted by Gasteiger charge is -1.95. The number of hydrogen-bond donors (Lipinski definition) is 1. The standard InChI is InChI=1S/C9H5N5O2/c10-5-8-9(12-13-11-8)6-1-3-7(4-2-6)14(15)16/h1-4H,(H,11,12,13). The third-order valence-corrected chi connectivity index (χ3v) is 2.01. The maximum atomic E-state index is 10.4. The zero-order valence-corrected chi connectivity index (χ0v) is 7.91. The van der Waals surface area contributed by atoms with E-state index in [1.54, 1.807) is 0 Å². The van der Waals surface area contributed by atoms with Crippen LogP contribution in [-0.2, 0) is 0 Å². The molecule has 7 heteroatoms. The second kappa shape index (κ2) is 3.78. The molecule has 0 spiro atoms. The molecule has 1 N–H and O–H groups in total. The number of nitrogens with zero attached hydrogens (tertiary/aromatic N) is 4. The van der Waals surface area contributed by atoms with Gasteiger partial charge in [0.1, 0.15) is 11.8 Å². The van der Waals surface area contributed by atoms with Crippen LogP contribution in [0.15, 0.2) is 24.3 Å². The van der Waals surface area contributed by atoms with Gasteiger partial charge in [0.15, 0.2) is 5.69 Å². The molecule has 7 nitrogen and oxygen atoms in total. The van der Waals surface area contributed by atoms with Crippen molar-refractivity contribution in [1.82, 2.24) is 15.4 Å². The van der Waals surface area contributed by atoms with Gasteiger partial charge in [-0.05, 0) is 12.1 Å². The fourth-order valence-electron chi connectivity index (χ4n) is 1.25. The van der Waals surface area contributed by atoms with Crippen LogP contribution < -0.4 is 0 Å². The van der Waals surface area contributed by atoms with Gasteiger partial charge >= 0.3 is 0 Å². The highest BCUT2D eigenvalue weighted by Gasteiger charge is 2.11. The molecule has 16 heavy (non-hydrogen) atoms. The number of aromatic nitrogens is 3. The number of non-ortho nitro benzene ring substituents is 1. The number of rotatable bonds is 2. The first-order valence-corrected chi connectivity index (χ1v) is 4.28. The number of benzene rings is 1. The number of hydrogen-bond acceptors (Lipinski definition) is 5. The molecule has 78 valence electrons. The van der Waals surface area contributed by atoms with E-state index in [0.717, 1.165) is 0 Å². The molecule has 0 saturated heterocycles. The van der Waals surface area contributed by atoms with Crippen molar-refractivity contribution in [2.45, 2.75) is 0 Å². The Bertz CT molecular complexity index is 566. The van der Waals surface area contributed by atoms with Crippen molar-refractivity contribution in [1.29, 1.82) is 5.26 Å². The number of aromatic amines is 1. The highest BCUT2D eigenvalue weighted by Crippen LogP contribution is 2.21. The molecule has 1 aromatic carbocycles. The molecule has 0 atom stereocenters. The van der Waals surface area contributed by atoms with Crippen LogP contribution in [0.2, 0.25) is 0 Å². The summed E-state index contributed by atoms with van der Waals surface area (Å²) in [6.45, 7) is 0. The maximum Gasteiger partial charge on any atom is 0.269 e. The van der Waals surface area contributed by atoms with Crippen LogP contribution in [0, 0.1) is 21.4 Å². The van der Waals surface area contributed by atoms with Crippen LogP contribution in [0.1, 0.15) is 5.69 Å². The van der Waals surface area contributed by atoms with E-state index in [1.165, 1.54) is 24.3 Å². The van der Waals surface area contributed by atoms with Gasteiger partial charge in [0.05, 0.1) is 4.92 Å². The molecule has 2 rings (SSSR count). The minimum absolute atomic E-state index is 0.00856. The molecule has 0 radical (unpaired) electrons. The molecule has 0 aliphatic carbocycles. The van der Waals surface area contributed by atoms with Gasteiger partial charge in [0.2, 0.25) is 0 Å². The summed E-state index contributed by atoms with van der Waals surface area (Å²) in [5.74, 6) is 0. The molecular formula is C9H5N5O2. The number of H-pyrrole nitrogens is 1. The van der Waals surface area contributed by atoms with Gasteiger partial charge in [-0.1, -0.05) is 0 Å². The van der Waals surface area contributed by atoms with E-state index in [1.807, 2.05) is 6.07 Å². The SMILES string of the molecule is N#Cc1n[nH]nc1-c1ccc([N+](=O)[O-])cc1. The van der Waals surface area contributed by atoms with Gasteiger partial charge in [-0.3, -0.25) is 10.1 Å². The summed E-state index contributed by atoms with van der Waals surface area (Å²) in [6.07, 6.45) is 0. The quantitative estimate of drug-likeness (QED) is 0.598. The van der Waals surface area contributed by atoms with E-state index in [4.69, 9.17) is 5.26 Å². The van der Waals surface area contributed by atoms with Gasteiger partial charge in [0, 0.05) is 17.7 Å². The predicted molar refractivity (Wildman–Crippen MR) is 53.2 cm³/mol. The van der Waals surface area contributed by atoms with Crippen LogP contribution >= 0.6 is 0 Å². The Labute approximate surface area is 89.5 Å². The van der Waals surface area contributed by atoms with E-state index in [0.29, 0.717) is 11.3 Å². The fourth-order valence-corrected chi connectivity index (χ4v) is 1.25. The summed E-state index contributed by atoms with van der Waals surface area (Å²) in [5, 5.41) is 28.9. The topological polar surface area (TPSA) is 108 Å². The Morgan fingerprint density at radius 2 is 2.00 bits per heavy atom. The molecule has 1 heterocycles. The van der Waals surface area contributed by atoms with Crippen molar-refractivity contribution in [3.05, 3.63) is 40.1 Å². The Hall–Kier alpha value is -2.75. The number of nitro groups is 1. The minimum atomic E-state index is -0.488. The van der Waals surface area contributed by atoms with Gasteiger partial charge in [-0.15, -0.1) is 5.10 Å². The Morgan fingerprint density at radius 3 is 2.56 bits per heavy atom. The number of nitriles is 1. The van der Waals surface area contributed by atoms with Crippen LogP contribution in [0.4, 0.5) is 5.69 Å². The van der Waals surface area contributed by atoms with Crippen molar-refractivity contribution in [3.8, 4) is 17.3 Å². The fraction of sp³-hybridized carbons (Fsp3) is 0. The Balaban J connectivity index is 2.43. The maximum absolute atomic E-state index is 10.4. The molecule has 0 amide bonds. The smallest absolute Gasteiger partial charge is 0.258 e. The average molecular weight is 215 g/mol. The first-order valence-electron chi connectivity index (χ1n) is 4.28. The second-order valence-electron chi connectivity index (χ2n) is 2.94. The minimum Gasteiger partial charge on any atom is -0.258 e. The zero-order chi connectivity index (χ0) is 11.5. The van der Waals surface area contributed by atoms with Crippen molar-refractivity contribution < 1.29 is 4.92 Å². The summed E-state index contributed by atoms with van der Waals surface area (Å²) in [7, 11) is 0. The molecule has 0 aliphatic rings. The molecule has 1 aromatic heterocycles. The molecule has 0 bridgehead atoms. The molecule has 0 aliphatic heterocycles. The van der Waals surface area contributed by atoms with Gasteiger partial charge < -0.3 is 0 Å². The lowest BCUT2D eigenvalue weighted by Crippen LogP contribution is -1.88. The van der Waals surface area contributed by atoms with Crippen molar-refractivity contribution in [3.63, 3.8) is 0 Å². The molecule has 0 unspecified atom stereocenters. The normalized spacial score (nSPS) is 9.69. The predicted octanol–water partition coefficient (Wildman–Crippen LogP) is 1.25. The van der Waals surface area contributed by atoms with E-state index in [2.05, 4.69) is 15.4 Å². The lowest BCUT2D eigenvalue weighted by molar-refractivity contribution is -0.384. The molecule has 0 fully saturated rings. The highest BCUT2D eigenvalue weighted by molar-refractivity contribution is 5.65. The van der Waals surface area contributed by atoms with E-state index in [9.17, 15) is 10.1 Å². The van der Waals surface area contributed by atoms with E-state index >= 15 is 0 Å². The molecule has 2 aromatic rings. The monoisotopic (exact) mass is 215 g/mol. The van der Waals surface area contributed by atoms with Gasteiger partial charge in [-0.2, -0.15) is 15.6 Å². The first-order chi connectivity index (χ1) is 7.72. The van der Waals surface area contributed by atoms with E-state index in [-0.39, 0.29) is 11.4 Å². The Kier molecular flexibility index (Phi) is 2.31. The van der Waals surface area contributed by atoms with Crippen molar-refractivity contribution in [2.24, 2.45) is 0 Å². The summed E-state index contributed by atoms with van der Waals surface area (Å²) in [5.41, 5.74) is 1.15. The lowest BCUT2D eigenvalue weighted by atomic mass is 10.1. The third kappa shape index (κ3) is 1.59.